The van der Waals surface area contributed by atoms with Crippen molar-refractivity contribution in [3.63, 3.8) is 0 Å². The fraction of sp³-hybridized carbons (Fsp3) is 0.533. The van der Waals surface area contributed by atoms with Gasteiger partial charge in [-0.25, -0.2) is 4.39 Å². The number of phenols is 1. The maximum absolute atomic E-state index is 13.1. The summed E-state index contributed by atoms with van der Waals surface area (Å²) in [7, 11) is 1.83. The van der Waals surface area contributed by atoms with Crippen molar-refractivity contribution < 1.29 is 19.0 Å². The summed E-state index contributed by atoms with van der Waals surface area (Å²) < 4.78 is 18.7. The molecule has 20 heavy (non-hydrogen) atoms. The van der Waals surface area contributed by atoms with E-state index < -0.39 is 5.82 Å². The second kappa shape index (κ2) is 6.81. The molecule has 2 rings (SSSR count). The first-order valence-corrected chi connectivity index (χ1v) is 6.88. The number of benzene rings is 1. The molecule has 1 fully saturated rings. The predicted octanol–water partition coefficient (Wildman–Crippen LogP) is 2.21. The zero-order valence-electron chi connectivity index (χ0n) is 11.6. The molecule has 1 aliphatic heterocycles. The number of carbonyl (C=O) groups is 1. The van der Waals surface area contributed by atoms with Crippen molar-refractivity contribution in [2.45, 2.75) is 25.4 Å². The van der Waals surface area contributed by atoms with E-state index in [1.165, 1.54) is 6.07 Å². The normalized spacial score (nSPS) is 19.2. The second-order valence-electron chi connectivity index (χ2n) is 5.27. The highest BCUT2D eigenvalue weighted by Gasteiger charge is 2.19. The lowest BCUT2D eigenvalue weighted by Gasteiger charge is -2.27. The van der Waals surface area contributed by atoms with Gasteiger partial charge in [0.05, 0.1) is 18.2 Å². The van der Waals surface area contributed by atoms with Gasteiger partial charge in [-0.05, 0) is 44.5 Å². The number of hydrogen-bond donors (Lipinski definition) is 1. The third kappa shape index (κ3) is 4.02. The topological polar surface area (TPSA) is 49.8 Å². The lowest BCUT2D eigenvalue weighted by atomic mass is 10.1. The van der Waals surface area contributed by atoms with Crippen LogP contribution in [0.25, 0.3) is 0 Å². The number of phenolic OH excluding ortho intramolecular Hbond substituents is 1. The van der Waals surface area contributed by atoms with E-state index in [0.29, 0.717) is 6.54 Å². The van der Waals surface area contributed by atoms with Crippen LogP contribution in [0.1, 0.15) is 29.6 Å². The van der Waals surface area contributed by atoms with Gasteiger partial charge in [-0.3, -0.25) is 9.69 Å². The highest BCUT2D eigenvalue weighted by molar-refractivity contribution is 5.99. The van der Waals surface area contributed by atoms with Crippen molar-refractivity contribution in [1.82, 2.24) is 4.90 Å². The lowest BCUT2D eigenvalue weighted by molar-refractivity contribution is -0.000676. The molecule has 1 atom stereocenters. The van der Waals surface area contributed by atoms with Gasteiger partial charge in [0.15, 0.2) is 5.78 Å². The van der Waals surface area contributed by atoms with Crippen molar-refractivity contribution >= 4 is 5.78 Å². The summed E-state index contributed by atoms with van der Waals surface area (Å²) in [6.45, 7) is 1.58. The smallest absolute Gasteiger partial charge is 0.180 e. The van der Waals surface area contributed by atoms with Crippen LogP contribution in [0.2, 0.25) is 0 Å². The molecule has 0 bridgehead atoms. The van der Waals surface area contributed by atoms with Crippen molar-refractivity contribution in [1.29, 1.82) is 0 Å². The summed E-state index contributed by atoms with van der Waals surface area (Å²) in [6.07, 6.45) is 3.40. The Hall–Kier alpha value is -1.46. The molecule has 0 radical (unpaired) electrons. The minimum absolute atomic E-state index is 0.0291. The fourth-order valence-corrected chi connectivity index (χ4v) is 2.43. The number of aromatic hydroxyl groups is 1. The van der Waals surface area contributed by atoms with Gasteiger partial charge in [-0.1, -0.05) is 0 Å². The Bertz CT molecular complexity index is 472. The number of Topliss-reactive ketones (excluding diaryl/α,β-unsaturated/α-hetero) is 1. The Kier molecular flexibility index (Phi) is 5.09. The number of nitrogens with zero attached hydrogens (tertiary/aromatic N) is 1. The van der Waals surface area contributed by atoms with Gasteiger partial charge in [0.1, 0.15) is 11.6 Å². The van der Waals surface area contributed by atoms with E-state index in [4.69, 9.17) is 4.74 Å². The second-order valence-corrected chi connectivity index (χ2v) is 5.27. The maximum Gasteiger partial charge on any atom is 0.180 e. The van der Waals surface area contributed by atoms with Crippen molar-refractivity contribution in [3.05, 3.63) is 29.6 Å². The van der Waals surface area contributed by atoms with Gasteiger partial charge >= 0.3 is 0 Å². The SMILES string of the molecule is CN(CC(=O)c1cc(F)ccc1O)CC1CCCCO1. The van der Waals surface area contributed by atoms with Crippen molar-refractivity contribution in [2.24, 2.45) is 0 Å². The molecule has 1 heterocycles. The molecule has 0 aromatic heterocycles. The van der Waals surface area contributed by atoms with Crippen molar-refractivity contribution in [2.75, 3.05) is 26.7 Å². The molecule has 0 amide bonds. The number of likely N-dealkylation sites (N-methyl/N-ethyl adjacent to an activating group) is 1. The van der Waals surface area contributed by atoms with Crippen LogP contribution >= 0.6 is 0 Å². The summed E-state index contributed by atoms with van der Waals surface area (Å²) in [4.78, 5) is 13.9. The monoisotopic (exact) mass is 281 g/mol. The van der Waals surface area contributed by atoms with Gasteiger partial charge in [0.25, 0.3) is 0 Å². The zero-order valence-corrected chi connectivity index (χ0v) is 11.6. The number of ketones is 1. The zero-order chi connectivity index (χ0) is 14.5. The molecule has 0 saturated carbocycles. The third-order valence-electron chi connectivity index (χ3n) is 3.46. The van der Waals surface area contributed by atoms with Crippen LogP contribution in [0.3, 0.4) is 0 Å². The molecule has 0 aliphatic carbocycles. The van der Waals surface area contributed by atoms with Gasteiger partial charge in [-0.2, -0.15) is 0 Å². The molecule has 1 saturated heterocycles. The molecule has 0 spiro atoms. The highest BCUT2D eigenvalue weighted by atomic mass is 19.1. The summed E-state index contributed by atoms with van der Waals surface area (Å²) in [5.74, 6) is -0.997. The van der Waals surface area contributed by atoms with E-state index in [-0.39, 0.29) is 29.7 Å². The molecular formula is C15H20FNO3. The molecular weight excluding hydrogens is 261 g/mol. The number of halogens is 1. The first-order chi connectivity index (χ1) is 9.56. The molecule has 1 aromatic rings. The molecule has 4 nitrogen and oxygen atoms in total. The summed E-state index contributed by atoms with van der Waals surface area (Å²) in [5, 5.41) is 9.61. The molecule has 1 N–H and O–H groups in total. The Labute approximate surface area is 118 Å². The number of hydrogen-bond acceptors (Lipinski definition) is 4. The van der Waals surface area contributed by atoms with Gasteiger partial charge < -0.3 is 9.84 Å². The van der Waals surface area contributed by atoms with E-state index in [0.717, 1.165) is 38.0 Å². The van der Waals surface area contributed by atoms with E-state index >= 15 is 0 Å². The minimum atomic E-state index is -0.524. The lowest BCUT2D eigenvalue weighted by Crippen LogP contribution is -2.36. The number of carbonyl (C=O) groups excluding carboxylic acids is 1. The Morgan fingerprint density at radius 1 is 1.50 bits per heavy atom. The van der Waals surface area contributed by atoms with Crippen LogP contribution in [-0.2, 0) is 4.74 Å². The van der Waals surface area contributed by atoms with E-state index in [9.17, 15) is 14.3 Å². The summed E-state index contributed by atoms with van der Waals surface area (Å²) in [5.41, 5.74) is 0.0291. The molecule has 1 aromatic carbocycles. The largest absolute Gasteiger partial charge is 0.507 e. The Morgan fingerprint density at radius 2 is 2.30 bits per heavy atom. The fourth-order valence-electron chi connectivity index (χ4n) is 2.43. The number of ether oxygens (including phenoxy) is 1. The molecule has 1 aliphatic rings. The molecule has 5 heteroatoms. The van der Waals surface area contributed by atoms with Crippen LogP contribution in [0, 0.1) is 5.82 Å². The maximum atomic E-state index is 13.1. The van der Waals surface area contributed by atoms with Crippen LogP contribution in [-0.4, -0.2) is 48.6 Å². The standard InChI is InChI=1S/C15H20FNO3/c1-17(9-12-4-2-3-7-20-12)10-15(19)13-8-11(16)5-6-14(13)18/h5-6,8,12,18H,2-4,7,9-10H2,1H3. The van der Waals surface area contributed by atoms with Crippen LogP contribution < -0.4 is 0 Å². The average molecular weight is 281 g/mol. The van der Waals surface area contributed by atoms with Crippen LogP contribution in [0.4, 0.5) is 4.39 Å². The first kappa shape index (κ1) is 14.9. The number of rotatable bonds is 5. The molecule has 1 unspecified atom stereocenters. The van der Waals surface area contributed by atoms with Crippen LogP contribution in [0.15, 0.2) is 18.2 Å². The predicted molar refractivity (Wildman–Crippen MR) is 73.5 cm³/mol. The minimum Gasteiger partial charge on any atom is -0.507 e. The van der Waals surface area contributed by atoms with Crippen molar-refractivity contribution in [3.8, 4) is 5.75 Å². The van der Waals surface area contributed by atoms with Gasteiger partial charge in [-0.15, -0.1) is 0 Å². The quantitative estimate of drug-likeness (QED) is 0.841. The summed E-state index contributed by atoms with van der Waals surface area (Å²) in [6, 6.07) is 3.40. The van der Waals surface area contributed by atoms with Gasteiger partial charge in [0.2, 0.25) is 0 Å². The average Bonchev–Trinajstić information content (AvgIpc) is 2.42. The summed E-state index contributed by atoms with van der Waals surface area (Å²) >= 11 is 0. The Morgan fingerprint density at radius 3 is 3.00 bits per heavy atom. The Balaban J connectivity index is 1.91. The van der Waals surface area contributed by atoms with Gasteiger partial charge in [0, 0.05) is 13.2 Å². The molecule has 110 valence electrons. The third-order valence-corrected chi connectivity index (χ3v) is 3.46. The van der Waals surface area contributed by atoms with E-state index in [1.807, 2.05) is 11.9 Å². The first-order valence-electron chi connectivity index (χ1n) is 6.88. The van der Waals surface area contributed by atoms with E-state index in [2.05, 4.69) is 0 Å². The van der Waals surface area contributed by atoms with Crippen LogP contribution in [0.5, 0.6) is 5.75 Å². The highest BCUT2D eigenvalue weighted by Crippen LogP contribution is 2.19. The van der Waals surface area contributed by atoms with E-state index in [1.54, 1.807) is 0 Å².